The molecule has 3 rings (SSSR count). The second-order valence-electron chi connectivity index (χ2n) is 11.9. The fraction of sp³-hybridized carbons (Fsp3) is 0.389. The summed E-state index contributed by atoms with van der Waals surface area (Å²) in [5.74, 6) is 0.946. The molecule has 0 fully saturated rings. The molecule has 0 radical (unpaired) electrons. The Balaban J connectivity index is 1.97. The molecule has 2 N–H and O–H groups in total. The van der Waals surface area contributed by atoms with Crippen LogP contribution in [0.25, 0.3) is 6.08 Å². The van der Waals surface area contributed by atoms with Crippen LogP contribution in [0.5, 0.6) is 23.0 Å². The zero-order valence-electron chi connectivity index (χ0n) is 25.0. The summed E-state index contributed by atoms with van der Waals surface area (Å²) < 4.78 is 13.3. The first-order valence-corrected chi connectivity index (χ1v) is 14.1. The van der Waals surface area contributed by atoms with Crippen LogP contribution in [0, 0.1) is 10.8 Å². The van der Waals surface area contributed by atoms with E-state index in [9.17, 15) is 10.2 Å². The Kier molecular flexibility index (Phi) is 10.1. The van der Waals surface area contributed by atoms with Crippen LogP contribution in [0.2, 0.25) is 0 Å². The molecule has 0 bridgehead atoms. The minimum absolute atomic E-state index is 0.131. The summed E-state index contributed by atoms with van der Waals surface area (Å²) in [5, 5.41) is 20.2. The van der Waals surface area contributed by atoms with Gasteiger partial charge in [0.2, 0.25) is 0 Å². The zero-order chi connectivity index (χ0) is 29.5. The molecule has 1 aliphatic rings. The minimum atomic E-state index is -0.518. The molecule has 4 atom stereocenters. The Hall–Kier alpha value is -3.66. The van der Waals surface area contributed by atoms with Crippen LogP contribution in [-0.4, -0.2) is 16.3 Å². The lowest BCUT2D eigenvalue weighted by atomic mass is 9.75. The van der Waals surface area contributed by atoms with Gasteiger partial charge in [-0.25, -0.2) is 0 Å². The average Bonchev–Trinajstić information content (AvgIpc) is 2.92. The van der Waals surface area contributed by atoms with Crippen molar-refractivity contribution in [3.8, 4) is 23.0 Å². The lowest BCUT2D eigenvalue weighted by Crippen LogP contribution is -2.44. The Morgan fingerprint density at radius 1 is 0.825 bits per heavy atom. The van der Waals surface area contributed by atoms with Gasteiger partial charge in [-0.05, 0) is 83.2 Å². The van der Waals surface area contributed by atoms with Crippen molar-refractivity contribution in [2.75, 3.05) is 0 Å². The number of rotatable bonds is 12. The molecule has 0 aromatic heterocycles. The van der Waals surface area contributed by atoms with Gasteiger partial charge in [0.15, 0.2) is 29.1 Å². The van der Waals surface area contributed by atoms with Gasteiger partial charge in [0, 0.05) is 16.4 Å². The molecule has 0 spiro atoms. The zero-order valence-corrected chi connectivity index (χ0v) is 25.0. The van der Waals surface area contributed by atoms with Gasteiger partial charge in [-0.2, -0.15) is 0 Å². The number of ether oxygens (including phenoxy) is 2. The van der Waals surface area contributed by atoms with Crippen LogP contribution in [0.1, 0.15) is 84.5 Å². The van der Waals surface area contributed by atoms with Crippen molar-refractivity contribution in [2.45, 2.75) is 79.4 Å². The molecule has 4 nitrogen and oxygen atoms in total. The van der Waals surface area contributed by atoms with Gasteiger partial charge in [0.25, 0.3) is 0 Å². The molecular formula is C36H46O4. The largest absolute Gasteiger partial charge is 0.504 e. The van der Waals surface area contributed by atoms with Crippen LogP contribution in [0.15, 0.2) is 91.1 Å². The second kappa shape index (κ2) is 13.1. The number of hydrogen-bond donors (Lipinski definition) is 2. The standard InChI is InChI=1S/C36H46O4/c1-9-35(7,20-11-13-25(3)4)22-19-27-15-18-31-32(23-27)39-33(28-16-17-29(37)30(38)24-28)34(40-31)36(8,10-2)21-12-14-26(5)6/h9-10,13-19,22-24,33-34,37-38H,1-2,11-12,20-21H2,3-8H3. The van der Waals surface area contributed by atoms with E-state index in [-0.39, 0.29) is 16.9 Å². The third-order valence-electron chi connectivity index (χ3n) is 7.79. The molecule has 4 unspecified atom stereocenters. The summed E-state index contributed by atoms with van der Waals surface area (Å²) in [6.45, 7) is 21.0. The highest BCUT2D eigenvalue weighted by molar-refractivity contribution is 5.57. The van der Waals surface area contributed by atoms with Crippen LogP contribution < -0.4 is 9.47 Å². The Labute approximate surface area is 241 Å². The fourth-order valence-electron chi connectivity index (χ4n) is 4.90. The summed E-state index contributed by atoms with van der Waals surface area (Å²) in [6, 6.07) is 10.8. The van der Waals surface area contributed by atoms with Crippen molar-refractivity contribution in [3.05, 3.63) is 102 Å². The van der Waals surface area contributed by atoms with Crippen molar-refractivity contribution in [1.29, 1.82) is 0 Å². The Bertz CT molecular complexity index is 1290. The number of aromatic hydroxyl groups is 2. The van der Waals surface area contributed by atoms with E-state index in [4.69, 9.17) is 9.47 Å². The van der Waals surface area contributed by atoms with E-state index in [1.807, 2.05) is 30.4 Å². The smallest absolute Gasteiger partial charge is 0.162 e. The highest BCUT2D eigenvalue weighted by Gasteiger charge is 2.44. The number of allylic oxidation sites excluding steroid dienone is 6. The van der Waals surface area contributed by atoms with Crippen LogP contribution in [0.3, 0.4) is 0 Å². The average molecular weight is 543 g/mol. The molecule has 1 aliphatic heterocycles. The van der Waals surface area contributed by atoms with Gasteiger partial charge in [-0.15, -0.1) is 13.2 Å². The monoisotopic (exact) mass is 542 g/mol. The van der Waals surface area contributed by atoms with Crippen LogP contribution in [0.4, 0.5) is 0 Å². The van der Waals surface area contributed by atoms with Crippen molar-refractivity contribution in [3.63, 3.8) is 0 Å². The summed E-state index contributed by atoms with van der Waals surface area (Å²) in [5.41, 5.74) is 3.76. The molecule has 1 heterocycles. The molecule has 4 heteroatoms. The van der Waals surface area contributed by atoms with E-state index < -0.39 is 17.6 Å². The molecular weight excluding hydrogens is 496 g/mol. The second-order valence-corrected chi connectivity index (χ2v) is 11.9. The fourth-order valence-corrected chi connectivity index (χ4v) is 4.90. The first-order chi connectivity index (χ1) is 18.9. The molecule has 0 saturated heterocycles. The van der Waals surface area contributed by atoms with Gasteiger partial charge in [0.05, 0.1) is 0 Å². The van der Waals surface area contributed by atoms with Crippen molar-refractivity contribution < 1.29 is 19.7 Å². The topological polar surface area (TPSA) is 58.9 Å². The molecule has 2 aromatic carbocycles. The lowest BCUT2D eigenvalue weighted by molar-refractivity contribution is -0.0392. The summed E-state index contributed by atoms with van der Waals surface area (Å²) in [7, 11) is 0. The lowest BCUT2D eigenvalue weighted by Gasteiger charge is -2.43. The maximum atomic E-state index is 10.3. The molecule has 0 aliphatic carbocycles. The first kappa shape index (κ1) is 30.9. The Morgan fingerprint density at radius 2 is 1.50 bits per heavy atom. The SMILES string of the molecule is C=CC(C)(C=Cc1ccc2c(c1)OC(c1ccc(O)c(O)c1)C(C(C)(C=C)CCC=C(C)C)O2)CCC=C(C)C. The van der Waals surface area contributed by atoms with E-state index in [2.05, 4.69) is 79.0 Å². The van der Waals surface area contributed by atoms with Crippen LogP contribution in [-0.2, 0) is 0 Å². The molecule has 214 valence electrons. The predicted octanol–water partition coefficient (Wildman–Crippen LogP) is 9.87. The first-order valence-electron chi connectivity index (χ1n) is 14.1. The number of hydrogen-bond acceptors (Lipinski definition) is 4. The quantitative estimate of drug-likeness (QED) is 0.207. The van der Waals surface area contributed by atoms with Crippen molar-refractivity contribution in [2.24, 2.45) is 10.8 Å². The number of fused-ring (bicyclic) bond motifs is 1. The molecule has 0 amide bonds. The number of phenolic OH excluding ortho intramolecular Hbond substituents is 2. The van der Waals surface area contributed by atoms with Gasteiger partial charge in [0.1, 0.15) is 6.10 Å². The van der Waals surface area contributed by atoms with Crippen molar-refractivity contribution >= 4 is 6.08 Å². The van der Waals surface area contributed by atoms with E-state index in [1.54, 1.807) is 12.1 Å². The molecule has 40 heavy (non-hydrogen) atoms. The van der Waals surface area contributed by atoms with E-state index in [1.165, 1.54) is 17.2 Å². The predicted molar refractivity (Wildman–Crippen MR) is 167 cm³/mol. The van der Waals surface area contributed by atoms with E-state index in [0.29, 0.717) is 11.5 Å². The minimum Gasteiger partial charge on any atom is -0.504 e. The van der Waals surface area contributed by atoms with Crippen LogP contribution >= 0.6 is 0 Å². The maximum absolute atomic E-state index is 10.3. The van der Waals surface area contributed by atoms with Crippen molar-refractivity contribution in [1.82, 2.24) is 0 Å². The third kappa shape index (κ3) is 7.71. The third-order valence-corrected chi connectivity index (χ3v) is 7.79. The number of phenols is 2. The maximum Gasteiger partial charge on any atom is 0.162 e. The van der Waals surface area contributed by atoms with Gasteiger partial charge in [-0.1, -0.05) is 73.6 Å². The molecule has 0 saturated carbocycles. The van der Waals surface area contributed by atoms with E-state index in [0.717, 1.165) is 36.8 Å². The number of benzene rings is 2. The van der Waals surface area contributed by atoms with E-state index >= 15 is 0 Å². The Morgan fingerprint density at radius 3 is 2.10 bits per heavy atom. The summed E-state index contributed by atoms with van der Waals surface area (Å²) >= 11 is 0. The van der Waals surface area contributed by atoms with Gasteiger partial charge in [-0.3, -0.25) is 0 Å². The van der Waals surface area contributed by atoms with Gasteiger partial charge < -0.3 is 19.7 Å². The highest BCUT2D eigenvalue weighted by atomic mass is 16.6. The summed E-state index contributed by atoms with van der Waals surface area (Å²) in [6.07, 6.45) is 15.5. The normalized spacial score (nSPS) is 19.2. The highest BCUT2D eigenvalue weighted by Crippen LogP contribution is 2.48. The molecule has 2 aromatic rings. The summed E-state index contributed by atoms with van der Waals surface area (Å²) in [4.78, 5) is 0. The van der Waals surface area contributed by atoms with Gasteiger partial charge >= 0.3 is 0 Å².